The quantitative estimate of drug-likeness (QED) is 0.484. The number of H-pyrrole nitrogens is 1. The molecule has 1 fully saturated rings. The number of nitrogens with one attached hydrogen (secondary N) is 2. The summed E-state index contributed by atoms with van der Waals surface area (Å²) in [5, 5.41) is 33.0. The van der Waals surface area contributed by atoms with Crippen molar-refractivity contribution in [3.8, 4) is 0 Å². The van der Waals surface area contributed by atoms with Crippen LogP contribution in [0, 0.1) is 0 Å². The van der Waals surface area contributed by atoms with Crippen molar-refractivity contribution in [3.63, 3.8) is 0 Å². The zero-order chi connectivity index (χ0) is 12.7. The van der Waals surface area contributed by atoms with Crippen LogP contribution in [0.1, 0.15) is 11.6 Å². The smallest absolute Gasteiger partial charge is 0.137 e. The highest BCUT2D eigenvalue weighted by Crippen LogP contribution is 2.31. The van der Waals surface area contributed by atoms with E-state index in [4.69, 9.17) is 5.11 Å². The van der Waals surface area contributed by atoms with Gasteiger partial charge in [0.05, 0.1) is 24.8 Å². The van der Waals surface area contributed by atoms with Gasteiger partial charge in [-0.15, -0.1) is 0 Å². The first kappa shape index (κ1) is 11.6. The van der Waals surface area contributed by atoms with Crippen LogP contribution in [0.25, 0.3) is 11.0 Å². The van der Waals surface area contributed by atoms with E-state index in [2.05, 4.69) is 15.3 Å². The largest absolute Gasteiger partial charge is 0.395 e. The van der Waals surface area contributed by atoms with E-state index in [1.807, 2.05) is 12.1 Å². The van der Waals surface area contributed by atoms with Crippen LogP contribution < -0.4 is 5.32 Å². The number of rotatable bonds is 2. The highest BCUT2D eigenvalue weighted by atomic mass is 16.3. The summed E-state index contributed by atoms with van der Waals surface area (Å²) in [6.07, 6.45) is 1.52. The minimum atomic E-state index is -0.970. The zero-order valence-corrected chi connectivity index (χ0v) is 9.61. The predicted octanol–water partition coefficient (Wildman–Crippen LogP) is -0.710. The van der Waals surface area contributed by atoms with E-state index in [-0.39, 0.29) is 6.61 Å². The molecule has 5 N–H and O–H groups in total. The lowest BCUT2D eigenvalue weighted by molar-refractivity contribution is 0.0196. The van der Waals surface area contributed by atoms with Gasteiger partial charge in [-0.2, -0.15) is 0 Å². The molecule has 0 spiro atoms. The summed E-state index contributed by atoms with van der Waals surface area (Å²) in [6.45, 7) is -0.212. The molecule has 6 nitrogen and oxygen atoms in total. The summed E-state index contributed by atoms with van der Waals surface area (Å²) in [4.78, 5) is 7.18. The molecule has 6 heteroatoms. The molecule has 0 aliphatic carbocycles. The Morgan fingerprint density at radius 3 is 2.78 bits per heavy atom. The second kappa shape index (κ2) is 4.33. The third-order valence-corrected chi connectivity index (χ3v) is 3.52. The molecule has 0 saturated carbocycles. The molecule has 3 rings (SSSR count). The van der Waals surface area contributed by atoms with E-state index in [1.54, 1.807) is 12.4 Å². The molecular weight excluding hydrogens is 234 g/mol. The van der Waals surface area contributed by atoms with Crippen LogP contribution in [-0.2, 0) is 0 Å². The van der Waals surface area contributed by atoms with Crippen LogP contribution in [0.5, 0.6) is 0 Å². The Balaban J connectivity index is 2.02. The highest BCUT2D eigenvalue weighted by molar-refractivity contribution is 5.79. The van der Waals surface area contributed by atoms with Crippen LogP contribution in [0.15, 0.2) is 24.5 Å². The fraction of sp³-hybridized carbons (Fsp3) is 0.417. The Morgan fingerprint density at radius 2 is 2.06 bits per heavy atom. The van der Waals surface area contributed by atoms with Gasteiger partial charge in [-0.1, -0.05) is 0 Å². The summed E-state index contributed by atoms with van der Waals surface area (Å²) in [7, 11) is 0. The highest BCUT2D eigenvalue weighted by Gasteiger charge is 2.41. The minimum absolute atomic E-state index is 0.212. The van der Waals surface area contributed by atoms with Gasteiger partial charge in [-0.25, -0.2) is 4.98 Å². The number of hydrogen-bond acceptors (Lipinski definition) is 5. The van der Waals surface area contributed by atoms with Crippen LogP contribution in [0.3, 0.4) is 0 Å². The van der Waals surface area contributed by atoms with Gasteiger partial charge in [0.15, 0.2) is 0 Å². The lowest BCUT2D eigenvalue weighted by Gasteiger charge is -2.16. The molecule has 2 aromatic heterocycles. The second-order valence-corrected chi connectivity index (χ2v) is 4.55. The van der Waals surface area contributed by atoms with E-state index in [9.17, 15) is 10.2 Å². The first-order valence-electron chi connectivity index (χ1n) is 5.87. The molecule has 2 aromatic rings. The van der Waals surface area contributed by atoms with Crippen LogP contribution in [0.4, 0.5) is 0 Å². The van der Waals surface area contributed by atoms with E-state index >= 15 is 0 Å². The fourth-order valence-corrected chi connectivity index (χ4v) is 2.55. The van der Waals surface area contributed by atoms with E-state index < -0.39 is 24.3 Å². The maximum Gasteiger partial charge on any atom is 0.137 e. The molecule has 96 valence electrons. The summed E-state index contributed by atoms with van der Waals surface area (Å²) in [6, 6.07) is 2.78. The van der Waals surface area contributed by atoms with Crippen molar-refractivity contribution in [1.29, 1.82) is 0 Å². The van der Waals surface area contributed by atoms with Crippen molar-refractivity contribution in [1.82, 2.24) is 15.3 Å². The predicted molar refractivity (Wildman–Crippen MR) is 64.9 cm³/mol. The lowest BCUT2D eigenvalue weighted by atomic mass is 10.00. The van der Waals surface area contributed by atoms with Crippen LogP contribution in [0.2, 0.25) is 0 Å². The Hall–Kier alpha value is -1.47. The molecule has 0 aromatic carbocycles. The zero-order valence-electron chi connectivity index (χ0n) is 9.61. The molecule has 0 bridgehead atoms. The van der Waals surface area contributed by atoms with E-state index in [0.717, 1.165) is 16.6 Å². The number of aromatic amines is 1. The summed E-state index contributed by atoms with van der Waals surface area (Å²) >= 11 is 0. The van der Waals surface area contributed by atoms with Crippen molar-refractivity contribution in [2.24, 2.45) is 0 Å². The maximum absolute atomic E-state index is 10.1. The van der Waals surface area contributed by atoms with Gasteiger partial charge >= 0.3 is 0 Å². The maximum atomic E-state index is 10.1. The molecule has 0 radical (unpaired) electrons. The molecule has 0 amide bonds. The third-order valence-electron chi connectivity index (χ3n) is 3.52. The van der Waals surface area contributed by atoms with Gasteiger partial charge in [0.1, 0.15) is 11.8 Å². The molecule has 1 aliphatic heterocycles. The number of pyridine rings is 1. The van der Waals surface area contributed by atoms with Gasteiger partial charge in [-0.05, 0) is 17.7 Å². The van der Waals surface area contributed by atoms with Gasteiger partial charge < -0.3 is 25.6 Å². The molecule has 3 heterocycles. The SMILES string of the molecule is OC[C@H]1N[C@@H](c2ccnc3[nH]ccc23)[C@H](O)[C@@H]1O. The molecular formula is C12H15N3O3. The molecule has 18 heavy (non-hydrogen) atoms. The normalized spacial score (nSPS) is 32.2. The van der Waals surface area contributed by atoms with Crippen LogP contribution >= 0.6 is 0 Å². The van der Waals surface area contributed by atoms with E-state index in [1.165, 1.54) is 0 Å². The van der Waals surface area contributed by atoms with E-state index in [0.29, 0.717) is 0 Å². The monoisotopic (exact) mass is 249 g/mol. The van der Waals surface area contributed by atoms with Crippen molar-refractivity contribution in [2.45, 2.75) is 24.3 Å². The number of aromatic nitrogens is 2. The van der Waals surface area contributed by atoms with Crippen molar-refractivity contribution >= 4 is 11.0 Å². The topological polar surface area (TPSA) is 101 Å². The second-order valence-electron chi connectivity index (χ2n) is 4.55. The average molecular weight is 249 g/mol. The molecule has 1 aliphatic rings. The van der Waals surface area contributed by atoms with Crippen molar-refractivity contribution in [3.05, 3.63) is 30.1 Å². The minimum Gasteiger partial charge on any atom is -0.395 e. The Kier molecular flexibility index (Phi) is 2.79. The van der Waals surface area contributed by atoms with Crippen molar-refractivity contribution < 1.29 is 15.3 Å². The first-order chi connectivity index (χ1) is 8.72. The van der Waals surface area contributed by atoms with Gasteiger partial charge in [-0.3, -0.25) is 0 Å². The number of nitrogens with zero attached hydrogens (tertiary/aromatic N) is 1. The van der Waals surface area contributed by atoms with Gasteiger partial charge in [0, 0.05) is 17.8 Å². The fourth-order valence-electron chi connectivity index (χ4n) is 2.55. The number of hydrogen-bond donors (Lipinski definition) is 5. The number of aliphatic hydroxyl groups excluding tert-OH is 3. The Morgan fingerprint density at radius 1 is 1.22 bits per heavy atom. The third kappa shape index (κ3) is 1.62. The summed E-state index contributed by atoms with van der Waals surface area (Å²) in [5.74, 6) is 0. The Labute approximate surface area is 103 Å². The Bertz CT molecular complexity index is 556. The van der Waals surface area contributed by atoms with Crippen LogP contribution in [-0.4, -0.2) is 50.1 Å². The van der Waals surface area contributed by atoms with Gasteiger partial charge in [0.25, 0.3) is 0 Å². The first-order valence-corrected chi connectivity index (χ1v) is 5.87. The standard InChI is InChI=1S/C12H15N3O3/c16-5-8-10(17)11(18)9(15-8)6-1-3-13-12-7(6)2-4-14-12/h1-4,8-11,15-18H,5H2,(H,13,14)/t8-,9+,10-,11+/m1/s1. The number of fused-ring (bicyclic) bond motifs is 1. The summed E-state index contributed by atoms with van der Waals surface area (Å²) in [5.41, 5.74) is 1.60. The molecule has 4 atom stereocenters. The lowest BCUT2D eigenvalue weighted by Crippen LogP contribution is -2.35. The average Bonchev–Trinajstić information content (AvgIpc) is 2.96. The molecule has 0 unspecified atom stereocenters. The summed E-state index contributed by atoms with van der Waals surface area (Å²) < 4.78 is 0. The van der Waals surface area contributed by atoms with Crippen molar-refractivity contribution in [2.75, 3.05) is 6.61 Å². The molecule has 1 saturated heterocycles. The van der Waals surface area contributed by atoms with Gasteiger partial charge in [0.2, 0.25) is 0 Å². The number of aliphatic hydroxyl groups is 3.